The summed E-state index contributed by atoms with van der Waals surface area (Å²) in [5, 5.41) is -1.74. The van der Waals surface area contributed by atoms with Crippen LogP contribution in [0.1, 0.15) is 32.6 Å². The topological polar surface area (TPSA) is 43.4 Å². The number of hydrogen-bond acceptors (Lipinski definition) is 3. The summed E-state index contributed by atoms with van der Waals surface area (Å²) in [7, 11) is -4.09. The van der Waals surface area contributed by atoms with Crippen LogP contribution in [-0.2, 0) is 14.6 Å². The predicted octanol–water partition coefficient (Wildman–Crippen LogP) is 3.44. The van der Waals surface area contributed by atoms with E-state index >= 15 is 0 Å². The van der Waals surface area contributed by atoms with Gasteiger partial charge < -0.3 is 4.74 Å². The predicted molar refractivity (Wildman–Crippen MR) is 76.2 cm³/mol. The fraction of sp³-hybridized carbons (Fsp3) is 0.600. The van der Waals surface area contributed by atoms with Crippen LogP contribution in [0, 0.1) is 0 Å². The van der Waals surface area contributed by atoms with Gasteiger partial charge in [-0.25, -0.2) is 17.2 Å². The minimum Gasteiger partial charge on any atom is -0.372 e. The number of ether oxygens (including phenoxy) is 1. The van der Waals surface area contributed by atoms with E-state index in [1.165, 1.54) is 12.1 Å². The highest BCUT2D eigenvalue weighted by molar-refractivity contribution is 7.92. The van der Waals surface area contributed by atoms with Crippen LogP contribution in [0.2, 0.25) is 0 Å². The lowest BCUT2D eigenvalue weighted by atomic mass is 10.0. The first-order chi connectivity index (χ1) is 9.90. The Morgan fingerprint density at radius 2 is 2.00 bits per heavy atom. The first-order valence-electron chi connectivity index (χ1n) is 7.19. The summed E-state index contributed by atoms with van der Waals surface area (Å²) < 4.78 is 59.6. The Bertz CT molecular complexity index is 552. The Morgan fingerprint density at radius 3 is 2.52 bits per heavy atom. The molecule has 0 saturated carbocycles. The maximum atomic E-state index is 14.7. The zero-order valence-corrected chi connectivity index (χ0v) is 12.8. The van der Waals surface area contributed by atoms with Gasteiger partial charge in [-0.2, -0.15) is 0 Å². The molecule has 0 aromatic heterocycles. The van der Waals surface area contributed by atoms with E-state index in [4.69, 9.17) is 4.74 Å². The van der Waals surface area contributed by atoms with Gasteiger partial charge in [0.2, 0.25) is 0 Å². The van der Waals surface area contributed by atoms with Crippen LogP contribution in [0.3, 0.4) is 0 Å². The second-order valence-electron chi connectivity index (χ2n) is 5.31. The Kier molecular flexibility index (Phi) is 4.99. The lowest BCUT2D eigenvalue weighted by molar-refractivity contribution is -0.118. The van der Waals surface area contributed by atoms with Crippen molar-refractivity contribution in [3.05, 3.63) is 30.3 Å². The lowest BCUT2D eigenvalue weighted by Crippen LogP contribution is -2.48. The molecule has 0 radical (unpaired) electrons. The van der Waals surface area contributed by atoms with Crippen LogP contribution in [0.15, 0.2) is 35.2 Å². The molecule has 1 heterocycles. The van der Waals surface area contributed by atoms with Crippen LogP contribution >= 0.6 is 0 Å². The highest BCUT2D eigenvalue weighted by Crippen LogP contribution is 2.39. The van der Waals surface area contributed by atoms with E-state index in [0.29, 0.717) is 12.8 Å². The molecule has 1 aliphatic heterocycles. The highest BCUT2D eigenvalue weighted by Gasteiger charge is 2.54. The molecule has 21 heavy (non-hydrogen) atoms. The van der Waals surface area contributed by atoms with Crippen LogP contribution in [0.4, 0.5) is 8.78 Å². The summed E-state index contributed by atoms with van der Waals surface area (Å²) in [5.41, 5.74) is 0. The summed E-state index contributed by atoms with van der Waals surface area (Å²) in [6, 6.07) is 7.47. The van der Waals surface area contributed by atoms with Crippen molar-refractivity contribution in [2.24, 2.45) is 0 Å². The third kappa shape index (κ3) is 3.26. The molecule has 3 nitrogen and oxygen atoms in total. The molecule has 1 fully saturated rings. The summed E-state index contributed by atoms with van der Waals surface area (Å²) >= 11 is 0. The van der Waals surface area contributed by atoms with Crippen molar-refractivity contribution in [2.75, 3.05) is 6.61 Å². The van der Waals surface area contributed by atoms with E-state index in [-0.39, 0.29) is 24.3 Å². The first-order valence-corrected chi connectivity index (χ1v) is 8.73. The van der Waals surface area contributed by atoms with E-state index < -0.39 is 27.1 Å². The summed E-state index contributed by atoms with van der Waals surface area (Å²) in [6.07, 6.45) is -0.252. The van der Waals surface area contributed by atoms with Gasteiger partial charge in [-0.05, 0) is 31.4 Å². The van der Waals surface area contributed by atoms with Gasteiger partial charge in [0, 0.05) is 6.61 Å². The standard InChI is InChI=1S/C15H20F2O3S/c1-2-7-14(15(16,17)13-10-6-11-20-13)21(18,19)12-8-4-3-5-9-12/h3-5,8-9,13-14H,2,6-7,10-11H2,1H3. The average Bonchev–Trinajstić information content (AvgIpc) is 3.00. The van der Waals surface area contributed by atoms with E-state index in [9.17, 15) is 17.2 Å². The number of rotatable bonds is 6. The molecule has 1 aromatic carbocycles. The van der Waals surface area contributed by atoms with Crippen molar-refractivity contribution < 1.29 is 21.9 Å². The van der Waals surface area contributed by atoms with Gasteiger partial charge in [0.15, 0.2) is 9.84 Å². The molecule has 1 aliphatic rings. The maximum Gasteiger partial charge on any atom is 0.290 e. The third-order valence-corrected chi connectivity index (χ3v) is 6.01. The Morgan fingerprint density at radius 1 is 1.33 bits per heavy atom. The van der Waals surface area contributed by atoms with Crippen molar-refractivity contribution in [3.8, 4) is 0 Å². The Hall–Kier alpha value is -1.01. The van der Waals surface area contributed by atoms with Gasteiger partial charge in [-0.15, -0.1) is 0 Å². The van der Waals surface area contributed by atoms with Crippen LogP contribution in [-0.4, -0.2) is 32.3 Å². The van der Waals surface area contributed by atoms with Crippen molar-refractivity contribution in [3.63, 3.8) is 0 Å². The molecular formula is C15H20F2O3S. The SMILES string of the molecule is CCCC(C(F)(F)C1CCCO1)S(=O)(=O)c1ccccc1. The molecule has 1 saturated heterocycles. The maximum absolute atomic E-state index is 14.7. The number of benzene rings is 1. The van der Waals surface area contributed by atoms with E-state index in [1.54, 1.807) is 25.1 Å². The van der Waals surface area contributed by atoms with Crippen molar-refractivity contribution in [1.29, 1.82) is 0 Å². The molecule has 0 N–H and O–H groups in total. The first kappa shape index (κ1) is 16.4. The molecule has 0 spiro atoms. The molecule has 1 aromatic rings. The Balaban J connectivity index is 2.38. The molecule has 6 heteroatoms. The van der Waals surface area contributed by atoms with Gasteiger partial charge in [0.1, 0.15) is 11.4 Å². The highest BCUT2D eigenvalue weighted by atomic mass is 32.2. The summed E-state index contributed by atoms with van der Waals surface area (Å²) in [4.78, 5) is -0.0545. The smallest absolute Gasteiger partial charge is 0.290 e. The van der Waals surface area contributed by atoms with Gasteiger partial charge >= 0.3 is 0 Å². The van der Waals surface area contributed by atoms with Gasteiger partial charge in [0.25, 0.3) is 5.92 Å². The minimum absolute atomic E-state index is 0.0545. The quantitative estimate of drug-likeness (QED) is 0.807. The van der Waals surface area contributed by atoms with Gasteiger partial charge in [-0.3, -0.25) is 0 Å². The molecule has 118 valence electrons. The summed E-state index contributed by atoms with van der Waals surface area (Å²) in [5.74, 6) is -3.37. The molecule has 0 aliphatic carbocycles. The van der Waals surface area contributed by atoms with Crippen molar-refractivity contribution in [2.45, 2.75) is 54.8 Å². The number of sulfone groups is 1. The fourth-order valence-corrected chi connectivity index (χ4v) is 4.66. The molecule has 2 unspecified atom stereocenters. The van der Waals surface area contributed by atoms with E-state index in [2.05, 4.69) is 0 Å². The van der Waals surface area contributed by atoms with Crippen molar-refractivity contribution >= 4 is 9.84 Å². The minimum atomic E-state index is -4.09. The molecule has 0 amide bonds. The third-order valence-electron chi connectivity index (χ3n) is 3.79. The van der Waals surface area contributed by atoms with Gasteiger partial charge in [-0.1, -0.05) is 31.5 Å². The van der Waals surface area contributed by atoms with Crippen LogP contribution in [0.5, 0.6) is 0 Å². The van der Waals surface area contributed by atoms with Gasteiger partial charge in [0.05, 0.1) is 4.90 Å². The zero-order chi connectivity index (χ0) is 15.5. The normalized spacial score (nSPS) is 21.4. The van der Waals surface area contributed by atoms with E-state index in [1.807, 2.05) is 0 Å². The molecule has 2 atom stereocenters. The number of hydrogen-bond donors (Lipinski definition) is 0. The number of halogens is 2. The van der Waals surface area contributed by atoms with Crippen LogP contribution in [0.25, 0.3) is 0 Å². The largest absolute Gasteiger partial charge is 0.372 e. The van der Waals surface area contributed by atoms with Crippen LogP contribution < -0.4 is 0 Å². The Labute approximate surface area is 124 Å². The lowest BCUT2D eigenvalue weighted by Gasteiger charge is -2.30. The fourth-order valence-electron chi connectivity index (χ4n) is 2.68. The van der Waals surface area contributed by atoms with Crippen molar-refractivity contribution in [1.82, 2.24) is 0 Å². The zero-order valence-electron chi connectivity index (χ0n) is 12.0. The number of alkyl halides is 2. The summed E-state index contributed by atoms with van der Waals surface area (Å²) in [6.45, 7) is 1.98. The second-order valence-corrected chi connectivity index (χ2v) is 7.44. The average molecular weight is 318 g/mol. The molecule has 0 bridgehead atoms. The van der Waals surface area contributed by atoms with E-state index in [0.717, 1.165) is 0 Å². The molecular weight excluding hydrogens is 298 g/mol. The second kappa shape index (κ2) is 6.40. The monoisotopic (exact) mass is 318 g/mol. The molecule has 2 rings (SSSR count).